The first kappa shape index (κ1) is 89.5. The maximum absolute atomic E-state index is 13.0. The summed E-state index contributed by atoms with van der Waals surface area (Å²) in [6.07, 6.45) is -15.4. The summed E-state index contributed by atoms with van der Waals surface area (Å²) in [5.74, 6) is -7.47. The van der Waals surface area contributed by atoms with Gasteiger partial charge in [-0.3, -0.25) is 9.59 Å². The highest BCUT2D eigenvalue weighted by Gasteiger charge is 2.59. The summed E-state index contributed by atoms with van der Waals surface area (Å²) in [5.41, 5.74) is 4.75. The number of aryl methyl sites for hydroxylation is 1. The topological polar surface area (TPSA) is 562 Å². The van der Waals surface area contributed by atoms with Crippen molar-refractivity contribution >= 4 is 53.1 Å². The quantitative estimate of drug-likeness (QED) is 0.00885. The third-order valence-electron chi connectivity index (χ3n) is 17.9. The third kappa shape index (κ3) is 26.5. The molecular weight excluding hydrogens is 1390 g/mol. The van der Waals surface area contributed by atoms with Gasteiger partial charge in [0.25, 0.3) is 5.72 Å². The summed E-state index contributed by atoms with van der Waals surface area (Å²) in [6.45, 7) is 2.13. The maximum atomic E-state index is 13.0. The van der Waals surface area contributed by atoms with Crippen LogP contribution >= 0.6 is 0 Å². The molecule has 36 nitrogen and oxygen atoms in total. The standard InChI is InChI=1S/C28H39N3O10.C28H41NO11.C13H21N3O8/c1-18(33)13-21-22(34)14-28(27(38)39-2,41-26(21)25(37)23(35)16-32)31-15-20(29-30-31)11-7-4-8-12-24(36)40-17-19-9-5-3-6-10-19;1-18(31)13-21-22(33)15-28(26(36)38-2,40-25(21)24(35)23(34)16-30)14-20(32)11-7-4-8-12-29-27(37)39-17-19-9-5-3-6-10-19;1-6(18)3-7-8(19)4-13(15-16-14,12(22)23-2)24-11(7)10(21)9(20)5-17/h3,5-6,9-10,15,21-23,25-26,32,34-35,37H,4,7-8,11-14,16-17H2,1-2H3;3,5-6,9-10,21-25,30,33-35H,4,7-8,11-17H2,1-2H3,(H,29,37);7-11,17,19-21H,3-5H2,1-2H3/t21?,22?,23-,25+,26?,28?;21?,22?,23-,24+,25?,28?;7?,8?,9-,10+,11?,13?/m111/s1. The lowest BCUT2D eigenvalue weighted by Crippen LogP contribution is -2.62. The molecule has 3 aliphatic rings. The molecule has 3 aliphatic heterocycles. The molecule has 0 bridgehead atoms. The number of hydrogen-bond acceptors (Lipinski definition) is 32. The maximum Gasteiger partial charge on any atom is 0.407 e. The van der Waals surface area contributed by atoms with Crippen LogP contribution in [-0.2, 0) is 102 Å². The Bertz CT molecular complexity index is 3290. The summed E-state index contributed by atoms with van der Waals surface area (Å²) in [7, 11) is 3.23. The zero-order chi connectivity index (χ0) is 78.2. The number of hydrogen-bond donors (Lipinski definition) is 13. The second kappa shape index (κ2) is 44.3. The average molecular weight is 1490 g/mol. The van der Waals surface area contributed by atoms with Gasteiger partial charge in [0.05, 0.1) is 89.7 Å². The number of aromatic nitrogens is 3. The van der Waals surface area contributed by atoms with Crippen LogP contribution in [0.4, 0.5) is 4.79 Å². The highest BCUT2D eigenvalue weighted by molar-refractivity contribution is 5.89. The van der Waals surface area contributed by atoms with E-state index in [1.54, 1.807) is 0 Å². The van der Waals surface area contributed by atoms with Gasteiger partial charge >= 0.3 is 30.0 Å². The lowest BCUT2D eigenvalue weighted by molar-refractivity contribution is -0.270. The number of Topliss-reactive ketones (excluding diaryl/α,β-unsaturated/α-hetero) is 4. The van der Waals surface area contributed by atoms with Crippen LogP contribution in [0.15, 0.2) is 72.0 Å². The molecule has 6 rings (SSSR count). The minimum Gasteiger partial charge on any atom is -0.467 e. The first-order valence-corrected chi connectivity index (χ1v) is 34.2. The second-order valence-corrected chi connectivity index (χ2v) is 26.1. The van der Waals surface area contributed by atoms with Crippen molar-refractivity contribution in [3.8, 4) is 0 Å². The van der Waals surface area contributed by atoms with Gasteiger partial charge in [-0.05, 0) is 74.6 Å². The lowest BCUT2D eigenvalue weighted by atomic mass is 9.75. The van der Waals surface area contributed by atoms with Gasteiger partial charge < -0.3 is 119 Å². The predicted octanol–water partition coefficient (Wildman–Crippen LogP) is -0.162. The number of amides is 1. The van der Waals surface area contributed by atoms with Gasteiger partial charge in [0.1, 0.15) is 73.0 Å². The summed E-state index contributed by atoms with van der Waals surface area (Å²) >= 11 is 0. The van der Waals surface area contributed by atoms with Gasteiger partial charge in [0.15, 0.2) is 5.60 Å². The Hall–Kier alpha value is -7.88. The minimum atomic E-state index is -2.25. The fourth-order valence-corrected chi connectivity index (χ4v) is 12.5. The molecule has 12 unspecified atom stereocenters. The van der Waals surface area contributed by atoms with E-state index in [2.05, 4.69) is 30.4 Å². The van der Waals surface area contributed by atoms with Gasteiger partial charge in [-0.1, -0.05) is 78.7 Å². The number of carbonyl (C=O) groups is 9. The zero-order valence-corrected chi connectivity index (χ0v) is 59.6. The number of aliphatic hydroxyl groups excluding tert-OH is 12. The number of azide groups is 1. The minimum absolute atomic E-state index is 0.0833. The number of nitrogens with one attached hydrogen (secondary N) is 1. The van der Waals surface area contributed by atoms with Crippen molar-refractivity contribution in [3.63, 3.8) is 0 Å². The zero-order valence-electron chi connectivity index (χ0n) is 59.6. The van der Waals surface area contributed by atoms with Gasteiger partial charge in [-0.2, -0.15) is 0 Å². The lowest BCUT2D eigenvalue weighted by Gasteiger charge is -2.47. The van der Waals surface area contributed by atoms with E-state index in [-0.39, 0.29) is 87.3 Å². The molecule has 1 aromatic heterocycles. The van der Waals surface area contributed by atoms with Crippen LogP contribution in [-0.4, -0.2) is 262 Å². The molecule has 0 spiro atoms. The third-order valence-corrected chi connectivity index (χ3v) is 17.9. The molecule has 18 atom stereocenters. The van der Waals surface area contributed by atoms with E-state index in [0.717, 1.165) is 37.1 Å². The number of aliphatic hydroxyl groups is 12. The van der Waals surface area contributed by atoms with Crippen LogP contribution in [0.1, 0.15) is 134 Å². The fraction of sp³-hybridized carbons (Fsp3) is 0.667. The molecule has 36 heteroatoms. The molecule has 586 valence electrons. The molecule has 105 heavy (non-hydrogen) atoms. The summed E-state index contributed by atoms with van der Waals surface area (Å²) in [4.78, 5) is 112. The number of esters is 4. The van der Waals surface area contributed by atoms with Crippen LogP contribution < -0.4 is 5.32 Å². The molecule has 13 N–H and O–H groups in total. The van der Waals surface area contributed by atoms with Gasteiger partial charge in [-0.25, -0.2) is 23.9 Å². The smallest absolute Gasteiger partial charge is 0.407 e. The normalized spacial score (nSPS) is 25.9. The number of benzene rings is 2. The first-order chi connectivity index (χ1) is 49.8. The van der Waals surface area contributed by atoms with Gasteiger partial charge in [-0.15, -0.1) is 5.10 Å². The van der Waals surface area contributed by atoms with E-state index in [1.165, 1.54) is 27.0 Å². The van der Waals surface area contributed by atoms with Crippen LogP contribution in [0.5, 0.6) is 0 Å². The van der Waals surface area contributed by atoms with E-state index in [1.807, 2.05) is 60.7 Å². The number of alkyl carbamates (subject to hydrolysis) is 1. The van der Waals surface area contributed by atoms with Crippen molar-refractivity contribution in [3.05, 3.63) is 94.1 Å². The SMILES string of the molecule is COC(=O)C1(CC(=O)CCCCCNC(=O)OCc2ccccc2)CC(O)C(CC(C)=O)C([C@@H](O)[C@H](O)CO)O1.COC(=O)C1(N=[N+]=[N-])CC(O)C(CC(C)=O)C([C@@H](O)[C@H](O)CO)O1.COC(=O)C1(n2cc(CCCCCC(=O)OCc3ccccc3)nn2)CC(O)C(CC(C)=O)C([C@@H](O)[C@H](O)CO)O1. The Kier molecular flexibility index (Phi) is 37.8. The van der Waals surface area contributed by atoms with E-state index < -0.39 is 165 Å². The number of unbranched alkanes of at least 4 members (excludes halogenated alkanes) is 4. The Morgan fingerprint density at radius 2 is 1.05 bits per heavy atom. The van der Waals surface area contributed by atoms with Crippen LogP contribution in [0.2, 0.25) is 0 Å². The van der Waals surface area contributed by atoms with Crippen molar-refractivity contribution in [2.45, 2.75) is 227 Å². The number of ether oxygens (including phenoxy) is 8. The highest BCUT2D eigenvalue weighted by Crippen LogP contribution is 2.43. The van der Waals surface area contributed by atoms with Crippen molar-refractivity contribution < 1.29 is 142 Å². The Morgan fingerprint density at radius 3 is 1.53 bits per heavy atom. The molecule has 3 fully saturated rings. The summed E-state index contributed by atoms with van der Waals surface area (Å²) in [6, 6.07) is 18.7. The molecule has 4 heterocycles. The average Bonchev–Trinajstić information content (AvgIpc) is 1.71. The van der Waals surface area contributed by atoms with Crippen LogP contribution in [0.25, 0.3) is 10.4 Å². The monoisotopic (exact) mass is 1490 g/mol. The van der Waals surface area contributed by atoms with Crippen molar-refractivity contribution in [2.24, 2.45) is 22.9 Å². The van der Waals surface area contributed by atoms with Crippen LogP contribution in [0, 0.1) is 17.8 Å². The largest absolute Gasteiger partial charge is 0.467 e. The molecule has 2 aromatic carbocycles. The highest BCUT2D eigenvalue weighted by atomic mass is 16.6. The summed E-state index contributed by atoms with van der Waals surface area (Å²) in [5, 5.41) is 135. The molecule has 3 aromatic rings. The number of ketones is 4. The number of methoxy groups -OCH3 is 3. The van der Waals surface area contributed by atoms with E-state index >= 15 is 0 Å². The fourth-order valence-electron chi connectivity index (χ4n) is 12.5. The van der Waals surface area contributed by atoms with Gasteiger partial charge in [0.2, 0.25) is 5.72 Å². The van der Waals surface area contributed by atoms with Crippen molar-refractivity contribution in [2.75, 3.05) is 47.7 Å². The summed E-state index contributed by atoms with van der Waals surface area (Å²) < 4.78 is 43.2. The molecule has 0 saturated carbocycles. The predicted molar refractivity (Wildman–Crippen MR) is 360 cm³/mol. The Morgan fingerprint density at radius 1 is 0.590 bits per heavy atom. The Balaban J connectivity index is 0.000000345. The number of rotatable bonds is 38. The molecule has 1 amide bonds. The molecule has 0 radical (unpaired) electrons. The number of carbonyl (C=O) groups excluding carboxylic acids is 9. The number of nitrogens with zero attached hydrogens (tertiary/aromatic N) is 6. The second-order valence-electron chi connectivity index (χ2n) is 26.1. The van der Waals surface area contributed by atoms with E-state index in [0.29, 0.717) is 57.2 Å². The molecular formula is C69H101N7O29. The van der Waals surface area contributed by atoms with E-state index in [9.17, 15) is 99.3 Å². The van der Waals surface area contributed by atoms with Crippen molar-refractivity contribution in [1.82, 2.24) is 20.3 Å². The molecule has 0 aliphatic carbocycles. The Labute approximate surface area is 605 Å². The van der Waals surface area contributed by atoms with Crippen molar-refractivity contribution in [1.29, 1.82) is 0 Å². The van der Waals surface area contributed by atoms with Gasteiger partial charge in [0, 0.05) is 87.0 Å². The first-order valence-electron chi connectivity index (χ1n) is 34.2. The van der Waals surface area contributed by atoms with E-state index in [4.69, 9.17) is 43.8 Å². The molecule has 3 saturated heterocycles. The van der Waals surface area contributed by atoms with Crippen LogP contribution in [0.3, 0.4) is 0 Å².